The molecule has 3 aromatic rings. The molecule has 2 aliphatic heterocycles. The lowest BCUT2D eigenvalue weighted by atomic mass is 9.97. The van der Waals surface area contributed by atoms with Crippen molar-refractivity contribution in [3.05, 3.63) is 59.4 Å². The van der Waals surface area contributed by atoms with Gasteiger partial charge in [-0.15, -0.1) is 0 Å². The Hall–Kier alpha value is -3.44. The summed E-state index contributed by atoms with van der Waals surface area (Å²) in [6, 6.07) is 6.07. The molecule has 2 saturated heterocycles. The molecule has 0 aliphatic carbocycles. The van der Waals surface area contributed by atoms with Crippen LogP contribution in [-0.4, -0.2) is 84.1 Å². The molecule has 0 radical (unpaired) electrons. The Labute approximate surface area is 241 Å². The van der Waals surface area contributed by atoms with Crippen LogP contribution in [0.4, 0.5) is 29.3 Å². The predicted molar refractivity (Wildman–Crippen MR) is 153 cm³/mol. The van der Waals surface area contributed by atoms with E-state index in [1.807, 2.05) is 37.7 Å². The Morgan fingerprint density at radius 1 is 1.10 bits per heavy atom. The van der Waals surface area contributed by atoms with Crippen LogP contribution in [0.3, 0.4) is 0 Å². The van der Waals surface area contributed by atoms with Crippen LogP contribution in [0.25, 0.3) is 22.0 Å². The van der Waals surface area contributed by atoms with Crippen molar-refractivity contribution in [2.24, 2.45) is 0 Å². The van der Waals surface area contributed by atoms with Gasteiger partial charge in [-0.25, -0.2) is 9.37 Å². The highest BCUT2D eigenvalue weighted by atomic mass is 35.5. The van der Waals surface area contributed by atoms with Crippen molar-refractivity contribution in [1.29, 1.82) is 0 Å². The molecule has 0 spiro atoms. The number of aromatic nitrogens is 2. The number of nitrogens with zero attached hydrogens (tertiary/aromatic N) is 6. The fraction of sp³-hybridized carbons (Fsp3) is 0.414. The van der Waals surface area contributed by atoms with Crippen LogP contribution in [0.2, 0.25) is 5.02 Å². The number of benzene rings is 2. The van der Waals surface area contributed by atoms with E-state index in [1.165, 1.54) is 30.3 Å². The fourth-order valence-electron chi connectivity index (χ4n) is 5.52. The van der Waals surface area contributed by atoms with E-state index in [0.29, 0.717) is 32.0 Å². The summed E-state index contributed by atoms with van der Waals surface area (Å²) in [5.74, 6) is -0.430. The Morgan fingerprint density at radius 2 is 1.78 bits per heavy atom. The van der Waals surface area contributed by atoms with Gasteiger partial charge in [-0.05, 0) is 51.7 Å². The minimum atomic E-state index is -4.71. The normalized spacial score (nSPS) is 20.1. The van der Waals surface area contributed by atoms with Gasteiger partial charge in [-0.1, -0.05) is 36.4 Å². The zero-order chi connectivity index (χ0) is 29.8. The highest BCUT2D eigenvalue weighted by Crippen LogP contribution is 2.44. The summed E-state index contributed by atoms with van der Waals surface area (Å²) in [5, 5.41) is 0.110. The number of fused-ring (bicyclic) bond motifs is 1. The number of piperazine rings is 1. The standard InChI is InChI=1S/C29H31ClF4N6O/c1-6-23(41)39-12-17(3)40(13-16(39)2)27-20-11-22(30)24(19-9-7-8-10-21(19)29(32,33)34)25(31)26(20)35-28(36-27)38-14-18(15-38)37(4)5/h6-11,16-18H,1,12-15H2,2-5H3/t16-,17+/m1/s1. The third kappa shape index (κ3) is 5.21. The second-order valence-electron chi connectivity index (χ2n) is 10.9. The van der Waals surface area contributed by atoms with Gasteiger partial charge in [0.1, 0.15) is 11.3 Å². The van der Waals surface area contributed by atoms with Crippen LogP contribution in [0, 0.1) is 5.82 Å². The number of amides is 1. The van der Waals surface area contributed by atoms with Crippen molar-refractivity contribution in [1.82, 2.24) is 19.8 Å². The number of rotatable bonds is 5. The van der Waals surface area contributed by atoms with Gasteiger partial charge in [0.2, 0.25) is 11.9 Å². The maximum Gasteiger partial charge on any atom is 0.417 e. The van der Waals surface area contributed by atoms with Gasteiger partial charge in [0.15, 0.2) is 5.82 Å². The molecule has 0 N–H and O–H groups in total. The van der Waals surface area contributed by atoms with E-state index in [0.717, 1.165) is 6.07 Å². The monoisotopic (exact) mass is 590 g/mol. The van der Waals surface area contributed by atoms with Gasteiger partial charge >= 0.3 is 6.18 Å². The topological polar surface area (TPSA) is 55.8 Å². The molecule has 1 amide bonds. The summed E-state index contributed by atoms with van der Waals surface area (Å²) in [5.41, 5.74) is -1.82. The van der Waals surface area contributed by atoms with Crippen molar-refractivity contribution >= 4 is 40.2 Å². The molecule has 1 aromatic heterocycles. The largest absolute Gasteiger partial charge is 0.417 e. The molecule has 0 bridgehead atoms. The molecule has 5 rings (SSSR count). The zero-order valence-electron chi connectivity index (χ0n) is 23.2. The molecule has 0 unspecified atom stereocenters. The SMILES string of the molecule is C=CC(=O)N1C[C@H](C)N(c2nc(N3CC(N(C)C)C3)nc3c(F)c(-c4ccccc4C(F)(F)F)c(Cl)cc23)C[C@H]1C. The smallest absolute Gasteiger partial charge is 0.349 e. The summed E-state index contributed by atoms with van der Waals surface area (Å²) in [6.07, 6.45) is -3.44. The third-order valence-corrected chi connectivity index (χ3v) is 8.24. The second kappa shape index (κ2) is 10.8. The van der Waals surface area contributed by atoms with Crippen molar-refractivity contribution < 1.29 is 22.4 Å². The molecule has 2 aromatic carbocycles. The van der Waals surface area contributed by atoms with Gasteiger partial charge in [-0.2, -0.15) is 18.2 Å². The highest BCUT2D eigenvalue weighted by molar-refractivity contribution is 6.34. The first-order valence-corrected chi connectivity index (χ1v) is 13.7. The van der Waals surface area contributed by atoms with E-state index in [-0.39, 0.29) is 57.0 Å². The molecular formula is C29H31ClF4N6O. The van der Waals surface area contributed by atoms with E-state index in [1.54, 1.807) is 4.90 Å². The summed E-state index contributed by atoms with van der Waals surface area (Å²) in [7, 11) is 3.93. The third-order valence-electron chi connectivity index (χ3n) is 7.94. The van der Waals surface area contributed by atoms with Crippen LogP contribution in [0.1, 0.15) is 19.4 Å². The van der Waals surface area contributed by atoms with Gasteiger partial charge < -0.3 is 19.6 Å². The quantitative estimate of drug-likeness (QED) is 0.290. The summed E-state index contributed by atoms with van der Waals surface area (Å²) in [4.78, 5) is 29.5. The first-order chi connectivity index (χ1) is 19.3. The first kappa shape index (κ1) is 29.1. The average molecular weight is 591 g/mol. The van der Waals surface area contributed by atoms with Crippen LogP contribution >= 0.6 is 11.6 Å². The highest BCUT2D eigenvalue weighted by Gasteiger charge is 2.38. The lowest BCUT2D eigenvalue weighted by Crippen LogP contribution is -2.59. The molecule has 12 heteroatoms. The van der Waals surface area contributed by atoms with Gasteiger partial charge in [0.05, 0.1) is 10.6 Å². The van der Waals surface area contributed by atoms with E-state index in [2.05, 4.69) is 16.5 Å². The van der Waals surface area contributed by atoms with Crippen molar-refractivity contribution in [2.45, 2.75) is 38.1 Å². The van der Waals surface area contributed by atoms with E-state index in [9.17, 15) is 18.0 Å². The van der Waals surface area contributed by atoms with Crippen LogP contribution in [0.5, 0.6) is 0 Å². The summed E-state index contributed by atoms with van der Waals surface area (Å²) >= 11 is 6.56. The summed E-state index contributed by atoms with van der Waals surface area (Å²) in [6.45, 7) is 9.43. The summed E-state index contributed by atoms with van der Waals surface area (Å²) < 4.78 is 58.1. The van der Waals surface area contributed by atoms with Crippen LogP contribution in [0.15, 0.2) is 43.0 Å². The maximum atomic E-state index is 16.4. The van der Waals surface area contributed by atoms with Gasteiger partial charge in [0.25, 0.3) is 0 Å². The Bertz CT molecular complexity index is 1510. The second-order valence-corrected chi connectivity index (χ2v) is 11.3. The first-order valence-electron chi connectivity index (χ1n) is 13.3. The van der Waals surface area contributed by atoms with Gasteiger partial charge in [0, 0.05) is 55.3 Å². The fourth-order valence-corrected chi connectivity index (χ4v) is 5.81. The average Bonchev–Trinajstić information content (AvgIpc) is 2.88. The molecule has 0 saturated carbocycles. The maximum absolute atomic E-state index is 16.4. The molecule has 218 valence electrons. The Balaban J connectivity index is 1.69. The predicted octanol–water partition coefficient (Wildman–Crippen LogP) is 5.47. The van der Waals surface area contributed by atoms with E-state index >= 15 is 4.39 Å². The minimum absolute atomic E-state index is 0.112. The van der Waals surface area contributed by atoms with Crippen LogP contribution < -0.4 is 9.80 Å². The number of carbonyl (C=O) groups is 1. The molecular weight excluding hydrogens is 560 g/mol. The minimum Gasteiger partial charge on any atom is -0.349 e. The number of hydrogen-bond acceptors (Lipinski definition) is 6. The van der Waals surface area contributed by atoms with Crippen molar-refractivity contribution in [2.75, 3.05) is 50.1 Å². The number of likely N-dealkylation sites (N-methyl/N-ethyl adjacent to an activating group) is 1. The number of hydrogen-bond donors (Lipinski definition) is 0. The zero-order valence-corrected chi connectivity index (χ0v) is 24.0. The number of halogens is 5. The van der Waals surface area contributed by atoms with E-state index < -0.39 is 17.6 Å². The lowest BCUT2D eigenvalue weighted by molar-refractivity contribution is -0.137. The molecule has 7 nitrogen and oxygen atoms in total. The molecule has 41 heavy (non-hydrogen) atoms. The Morgan fingerprint density at radius 3 is 2.41 bits per heavy atom. The lowest BCUT2D eigenvalue weighted by Gasteiger charge is -2.45. The molecule has 2 fully saturated rings. The number of anilines is 2. The molecule has 2 aliphatic rings. The van der Waals surface area contributed by atoms with Crippen molar-refractivity contribution in [3.63, 3.8) is 0 Å². The number of alkyl halides is 3. The van der Waals surface area contributed by atoms with Gasteiger partial charge in [-0.3, -0.25) is 4.79 Å². The van der Waals surface area contributed by atoms with E-state index in [4.69, 9.17) is 16.6 Å². The molecule has 2 atom stereocenters. The molecule has 3 heterocycles. The van der Waals surface area contributed by atoms with Crippen LogP contribution in [-0.2, 0) is 11.0 Å². The Kier molecular flexibility index (Phi) is 7.63. The van der Waals surface area contributed by atoms with Crippen molar-refractivity contribution in [3.8, 4) is 11.1 Å². The number of carbonyl (C=O) groups excluding carboxylic acids is 1.